The van der Waals surface area contributed by atoms with Gasteiger partial charge in [-0.15, -0.1) is 0 Å². The van der Waals surface area contributed by atoms with Gasteiger partial charge in [-0.25, -0.2) is 0 Å². The predicted molar refractivity (Wildman–Crippen MR) is 99.3 cm³/mol. The Labute approximate surface area is 150 Å². The summed E-state index contributed by atoms with van der Waals surface area (Å²) in [6.07, 6.45) is -0.488. The van der Waals surface area contributed by atoms with Crippen LogP contribution in [0, 0.1) is 0 Å². The van der Waals surface area contributed by atoms with Crippen molar-refractivity contribution in [3.63, 3.8) is 0 Å². The first kappa shape index (κ1) is 15.7. The molecule has 3 aromatic rings. The smallest absolute Gasteiger partial charge is 0.110 e. The molecular weight excluding hydrogens is 328 g/mol. The van der Waals surface area contributed by atoms with Crippen molar-refractivity contribution in [2.45, 2.75) is 24.4 Å². The monoisotopic (exact) mass is 346 g/mol. The number of benzene rings is 3. The molecule has 0 saturated carbocycles. The van der Waals surface area contributed by atoms with Gasteiger partial charge in [-0.1, -0.05) is 48.6 Å². The molecule has 4 nitrogen and oxygen atoms in total. The van der Waals surface area contributed by atoms with Crippen molar-refractivity contribution in [3.05, 3.63) is 76.9 Å². The molecule has 130 valence electrons. The number of fused-ring (bicyclic) bond motifs is 6. The van der Waals surface area contributed by atoms with Gasteiger partial charge in [-0.05, 0) is 56.3 Å². The second kappa shape index (κ2) is 5.50. The van der Waals surface area contributed by atoms with Gasteiger partial charge in [-0.3, -0.25) is 0 Å². The molecule has 0 amide bonds. The van der Waals surface area contributed by atoms with E-state index in [9.17, 15) is 20.4 Å². The highest BCUT2D eigenvalue weighted by Gasteiger charge is 2.32. The minimum absolute atomic E-state index is 0.665. The lowest BCUT2D eigenvalue weighted by molar-refractivity contribution is 0.0159. The van der Waals surface area contributed by atoms with Crippen LogP contribution < -0.4 is 0 Å². The van der Waals surface area contributed by atoms with Crippen LogP contribution in [0.2, 0.25) is 0 Å². The SMILES string of the molecule is O[C@@H]1C=Cc2c(ccc3cc4c(cc23)[C@@H](O)[C@H](O)c2ccccc2-4)[C@H]1O. The Morgan fingerprint density at radius 1 is 0.654 bits per heavy atom. The van der Waals surface area contributed by atoms with E-state index in [1.54, 1.807) is 12.2 Å². The Balaban J connectivity index is 1.82. The molecule has 3 aromatic carbocycles. The molecule has 4 heteroatoms. The summed E-state index contributed by atoms with van der Waals surface area (Å²) in [6, 6.07) is 15.2. The lowest BCUT2D eigenvalue weighted by Crippen LogP contribution is -2.20. The van der Waals surface area contributed by atoms with E-state index in [1.165, 1.54) is 0 Å². The molecule has 4 atom stereocenters. The summed E-state index contributed by atoms with van der Waals surface area (Å²) in [6.45, 7) is 0. The lowest BCUT2D eigenvalue weighted by atomic mass is 9.79. The normalized spacial score (nSPS) is 26.3. The summed E-state index contributed by atoms with van der Waals surface area (Å²) < 4.78 is 0. The third kappa shape index (κ3) is 2.04. The fourth-order valence-electron chi connectivity index (χ4n) is 4.18. The number of hydrogen-bond acceptors (Lipinski definition) is 4. The van der Waals surface area contributed by atoms with E-state index in [0.29, 0.717) is 11.1 Å². The molecule has 0 spiro atoms. The van der Waals surface area contributed by atoms with Crippen molar-refractivity contribution in [2.75, 3.05) is 0 Å². The zero-order chi connectivity index (χ0) is 18.0. The predicted octanol–water partition coefficient (Wildman–Crippen LogP) is 3.01. The van der Waals surface area contributed by atoms with Crippen molar-refractivity contribution >= 4 is 16.8 Å². The van der Waals surface area contributed by atoms with Crippen LogP contribution in [0.3, 0.4) is 0 Å². The van der Waals surface area contributed by atoms with Crippen LogP contribution in [0.1, 0.15) is 40.6 Å². The molecule has 0 aliphatic heterocycles. The summed E-state index contributed by atoms with van der Waals surface area (Å²) in [7, 11) is 0. The minimum Gasteiger partial charge on any atom is -0.386 e. The van der Waals surface area contributed by atoms with Gasteiger partial charge in [0.05, 0.1) is 0 Å². The number of rotatable bonds is 0. The average molecular weight is 346 g/mol. The first-order chi connectivity index (χ1) is 12.6. The Morgan fingerprint density at radius 3 is 2.27 bits per heavy atom. The number of hydrogen-bond donors (Lipinski definition) is 4. The largest absolute Gasteiger partial charge is 0.386 e. The van der Waals surface area contributed by atoms with Crippen molar-refractivity contribution in [1.82, 2.24) is 0 Å². The van der Waals surface area contributed by atoms with Crippen molar-refractivity contribution in [1.29, 1.82) is 0 Å². The van der Waals surface area contributed by atoms with Crippen LogP contribution in [0.4, 0.5) is 0 Å². The summed E-state index contributed by atoms with van der Waals surface area (Å²) in [5.74, 6) is 0. The molecule has 2 aliphatic rings. The molecule has 0 unspecified atom stereocenters. The molecule has 0 saturated heterocycles. The van der Waals surface area contributed by atoms with Gasteiger partial charge in [0.25, 0.3) is 0 Å². The van der Waals surface area contributed by atoms with E-state index in [0.717, 1.165) is 33.0 Å². The Morgan fingerprint density at radius 2 is 1.42 bits per heavy atom. The lowest BCUT2D eigenvalue weighted by Gasteiger charge is -2.30. The van der Waals surface area contributed by atoms with E-state index in [4.69, 9.17) is 0 Å². The van der Waals surface area contributed by atoms with Gasteiger partial charge in [-0.2, -0.15) is 0 Å². The van der Waals surface area contributed by atoms with E-state index in [1.807, 2.05) is 48.5 Å². The van der Waals surface area contributed by atoms with Crippen LogP contribution in [-0.2, 0) is 0 Å². The molecule has 26 heavy (non-hydrogen) atoms. The second-order valence-electron chi connectivity index (χ2n) is 7.00. The Bertz CT molecular complexity index is 1070. The fraction of sp³-hybridized carbons (Fsp3) is 0.182. The van der Waals surface area contributed by atoms with Gasteiger partial charge in [0, 0.05) is 0 Å². The van der Waals surface area contributed by atoms with Gasteiger partial charge in [0.1, 0.15) is 24.4 Å². The molecule has 0 bridgehead atoms. The first-order valence-electron chi connectivity index (χ1n) is 8.66. The Kier molecular flexibility index (Phi) is 3.33. The van der Waals surface area contributed by atoms with Crippen molar-refractivity contribution < 1.29 is 20.4 Å². The van der Waals surface area contributed by atoms with Gasteiger partial charge < -0.3 is 20.4 Å². The zero-order valence-electron chi connectivity index (χ0n) is 13.9. The summed E-state index contributed by atoms with van der Waals surface area (Å²) in [5, 5.41) is 43.2. The highest BCUT2D eigenvalue weighted by atomic mass is 16.3. The Hall–Kier alpha value is -2.50. The van der Waals surface area contributed by atoms with Crippen molar-refractivity contribution in [2.24, 2.45) is 0 Å². The minimum atomic E-state index is -1.01. The number of aliphatic hydroxyl groups excluding tert-OH is 4. The molecule has 5 rings (SSSR count). The fourth-order valence-corrected chi connectivity index (χ4v) is 4.18. The van der Waals surface area contributed by atoms with Crippen LogP contribution in [0.15, 0.2) is 54.6 Å². The highest BCUT2D eigenvalue weighted by Crippen LogP contribution is 2.46. The second-order valence-corrected chi connectivity index (χ2v) is 7.00. The topological polar surface area (TPSA) is 80.9 Å². The van der Waals surface area contributed by atoms with Crippen LogP contribution in [0.5, 0.6) is 0 Å². The summed E-state index contributed by atoms with van der Waals surface area (Å²) in [5.41, 5.74) is 4.73. The highest BCUT2D eigenvalue weighted by molar-refractivity contribution is 5.97. The van der Waals surface area contributed by atoms with E-state index < -0.39 is 24.4 Å². The van der Waals surface area contributed by atoms with E-state index in [2.05, 4.69) is 0 Å². The molecule has 2 aliphatic carbocycles. The van der Waals surface area contributed by atoms with E-state index in [-0.39, 0.29) is 0 Å². The summed E-state index contributed by atoms with van der Waals surface area (Å²) >= 11 is 0. The summed E-state index contributed by atoms with van der Waals surface area (Å²) in [4.78, 5) is 0. The molecule has 0 heterocycles. The first-order valence-corrected chi connectivity index (χ1v) is 8.66. The standard InChI is InChI=1S/C22H18O4/c23-19-8-7-13-15(20(19)24)6-5-11-9-17-12-3-1-2-4-14(12)21(25)22(26)18(17)10-16(11)13/h1-10,19-26H/t19-,20-,21-,22-/m1/s1. The molecule has 0 aromatic heterocycles. The molecular formula is C22H18O4. The van der Waals surface area contributed by atoms with E-state index >= 15 is 0 Å². The van der Waals surface area contributed by atoms with Gasteiger partial charge >= 0.3 is 0 Å². The van der Waals surface area contributed by atoms with Gasteiger partial charge in [0.2, 0.25) is 0 Å². The third-order valence-corrected chi connectivity index (χ3v) is 5.55. The molecule has 0 radical (unpaired) electrons. The number of aliphatic hydroxyl groups is 4. The quantitative estimate of drug-likeness (QED) is 0.504. The van der Waals surface area contributed by atoms with Gasteiger partial charge in [0.15, 0.2) is 0 Å². The molecule has 4 N–H and O–H groups in total. The van der Waals surface area contributed by atoms with Crippen LogP contribution in [-0.4, -0.2) is 26.5 Å². The van der Waals surface area contributed by atoms with Crippen molar-refractivity contribution in [3.8, 4) is 11.1 Å². The van der Waals surface area contributed by atoms with Crippen LogP contribution >= 0.6 is 0 Å². The molecule has 0 fully saturated rings. The maximum atomic E-state index is 10.7. The third-order valence-electron chi connectivity index (χ3n) is 5.55. The average Bonchev–Trinajstić information content (AvgIpc) is 2.67. The zero-order valence-corrected chi connectivity index (χ0v) is 13.9. The maximum Gasteiger partial charge on any atom is 0.110 e. The maximum absolute atomic E-state index is 10.7. The van der Waals surface area contributed by atoms with Crippen LogP contribution in [0.25, 0.3) is 28.0 Å².